The van der Waals surface area contributed by atoms with E-state index < -0.39 is 35.0 Å². The van der Waals surface area contributed by atoms with Gasteiger partial charge in [0.15, 0.2) is 5.84 Å². The smallest absolute Gasteiger partial charge is 0.381 e. The molecule has 1 N–H and O–H groups in total. The van der Waals surface area contributed by atoms with E-state index in [9.17, 15) is 22.4 Å². The molecular weight excluding hydrogens is 466 g/mol. The van der Waals surface area contributed by atoms with Crippen LogP contribution in [0, 0.1) is 5.82 Å². The number of hydrogen-bond donors (Lipinski definition) is 1. The molecule has 7 nitrogen and oxygen atoms in total. The van der Waals surface area contributed by atoms with Crippen molar-refractivity contribution in [1.29, 1.82) is 0 Å². The molecule has 3 aliphatic heterocycles. The Kier molecular flexibility index (Phi) is 6.65. The summed E-state index contributed by atoms with van der Waals surface area (Å²) in [7, 11) is 1.68. The molecule has 3 heterocycles. The normalized spacial score (nSPS) is 21.2. The average Bonchev–Trinajstić information content (AvgIpc) is 3.11. The van der Waals surface area contributed by atoms with Crippen molar-refractivity contribution in [2.24, 2.45) is 10.1 Å². The van der Waals surface area contributed by atoms with Crippen molar-refractivity contribution < 1.29 is 27.1 Å². The van der Waals surface area contributed by atoms with Gasteiger partial charge in [-0.2, -0.15) is 18.3 Å². The van der Waals surface area contributed by atoms with Crippen molar-refractivity contribution in [1.82, 2.24) is 15.2 Å². The standard InChI is InChI=1S/C24H29F4N5O2/c1-14(16-6-5-7-18(20(16)25)24(26,27)28)29-22(34)17-12-19(32-10-8-15(35-4)9-11-32)31-33-13-23(2,3)30-21(17)33/h5-7,12,14-15H,8-11,13H2,1-4H3,(H,29,34)/t14-/m1/s1. The minimum absolute atomic E-state index is 0.174. The third-order valence-electron chi connectivity index (χ3n) is 6.42. The van der Waals surface area contributed by atoms with Crippen molar-refractivity contribution in [2.45, 2.75) is 57.5 Å². The Bertz CT molecular complexity index is 1090. The summed E-state index contributed by atoms with van der Waals surface area (Å²) in [5.74, 6) is -0.955. The first-order valence-electron chi connectivity index (χ1n) is 11.5. The first-order chi connectivity index (χ1) is 16.4. The Hall–Kier alpha value is -2.95. The maximum Gasteiger partial charge on any atom is 0.419 e. The molecule has 1 aromatic carbocycles. The molecule has 1 amide bonds. The van der Waals surface area contributed by atoms with Crippen LogP contribution in [0.25, 0.3) is 0 Å². The van der Waals surface area contributed by atoms with Gasteiger partial charge in [-0.3, -0.25) is 9.79 Å². The van der Waals surface area contributed by atoms with E-state index in [1.165, 1.54) is 13.0 Å². The molecule has 0 bridgehead atoms. The monoisotopic (exact) mass is 495 g/mol. The lowest BCUT2D eigenvalue weighted by atomic mass is 10.0. The molecule has 3 aliphatic rings. The van der Waals surface area contributed by atoms with E-state index >= 15 is 0 Å². The van der Waals surface area contributed by atoms with Crippen LogP contribution in [0.3, 0.4) is 0 Å². The van der Waals surface area contributed by atoms with Gasteiger partial charge >= 0.3 is 6.18 Å². The third kappa shape index (κ3) is 5.19. The number of rotatable bonds is 4. The average molecular weight is 496 g/mol. The fourth-order valence-corrected chi connectivity index (χ4v) is 4.55. The second-order valence-corrected chi connectivity index (χ2v) is 9.65. The number of carbonyl (C=O) groups is 1. The molecule has 35 heavy (non-hydrogen) atoms. The summed E-state index contributed by atoms with van der Waals surface area (Å²) in [6.45, 7) is 7.18. The summed E-state index contributed by atoms with van der Waals surface area (Å²) in [6, 6.07) is 2.04. The number of amidine groups is 2. The largest absolute Gasteiger partial charge is 0.419 e. The number of nitrogens with one attached hydrogen (secondary N) is 1. The quantitative estimate of drug-likeness (QED) is 0.644. The van der Waals surface area contributed by atoms with Gasteiger partial charge in [0.05, 0.1) is 35.4 Å². The molecule has 0 unspecified atom stereocenters. The fourth-order valence-electron chi connectivity index (χ4n) is 4.55. The van der Waals surface area contributed by atoms with Crippen LogP contribution in [0.15, 0.2) is 39.9 Å². The molecule has 1 fully saturated rings. The number of nitrogens with zero attached hydrogens (tertiary/aromatic N) is 4. The molecule has 1 aromatic rings. The highest BCUT2D eigenvalue weighted by Crippen LogP contribution is 2.34. The number of halogens is 4. The van der Waals surface area contributed by atoms with Crippen molar-refractivity contribution in [2.75, 3.05) is 26.7 Å². The zero-order valence-corrected chi connectivity index (χ0v) is 20.1. The Morgan fingerprint density at radius 1 is 1.26 bits per heavy atom. The van der Waals surface area contributed by atoms with Gasteiger partial charge < -0.3 is 15.0 Å². The van der Waals surface area contributed by atoms with E-state index in [0.717, 1.165) is 18.9 Å². The number of amides is 1. The Labute approximate surface area is 201 Å². The first kappa shape index (κ1) is 25.2. The van der Waals surface area contributed by atoms with Crippen LogP contribution in [0.1, 0.15) is 50.8 Å². The molecule has 0 saturated carbocycles. The number of piperidine rings is 1. The molecule has 0 aromatic heterocycles. The van der Waals surface area contributed by atoms with Crippen LogP contribution < -0.4 is 5.32 Å². The lowest BCUT2D eigenvalue weighted by molar-refractivity contribution is -0.140. The molecule has 1 atom stereocenters. The summed E-state index contributed by atoms with van der Waals surface area (Å²) in [5, 5.41) is 9.03. The summed E-state index contributed by atoms with van der Waals surface area (Å²) < 4.78 is 59.5. The number of hydrogen-bond acceptors (Lipinski definition) is 6. The summed E-state index contributed by atoms with van der Waals surface area (Å²) in [6.07, 6.45) is -1.36. The summed E-state index contributed by atoms with van der Waals surface area (Å²) in [5.41, 5.74) is -1.84. The number of alkyl halides is 3. The van der Waals surface area contributed by atoms with E-state index in [4.69, 9.17) is 9.84 Å². The number of methoxy groups -OCH3 is 1. The minimum atomic E-state index is -4.83. The van der Waals surface area contributed by atoms with Gasteiger partial charge in [0.25, 0.3) is 5.91 Å². The van der Waals surface area contributed by atoms with Crippen LogP contribution in [-0.2, 0) is 15.7 Å². The molecule has 0 aliphatic carbocycles. The number of likely N-dealkylation sites (tertiary alicyclic amines) is 1. The molecule has 0 spiro atoms. The van der Waals surface area contributed by atoms with Gasteiger partial charge in [0.1, 0.15) is 11.7 Å². The Balaban J connectivity index is 1.60. The molecule has 1 saturated heterocycles. The maximum absolute atomic E-state index is 14.6. The predicted octanol–water partition coefficient (Wildman–Crippen LogP) is 3.88. The van der Waals surface area contributed by atoms with Crippen LogP contribution in [0.2, 0.25) is 0 Å². The SMILES string of the molecule is COC1CCN(C2=NN3CC(C)(C)N=C3C(C(=O)N[C@H](C)c3cccc(C(F)(F)F)c3F)=C2)CC1. The second-order valence-electron chi connectivity index (χ2n) is 9.65. The lowest BCUT2D eigenvalue weighted by Gasteiger charge is -2.35. The zero-order valence-electron chi connectivity index (χ0n) is 20.1. The van der Waals surface area contributed by atoms with Gasteiger partial charge in [0.2, 0.25) is 0 Å². The van der Waals surface area contributed by atoms with Gasteiger partial charge in [-0.15, -0.1) is 0 Å². The summed E-state index contributed by atoms with van der Waals surface area (Å²) in [4.78, 5) is 20.0. The number of ether oxygens (including phenoxy) is 1. The second kappa shape index (κ2) is 9.25. The van der Waals surface area contributed by atoms with Gasteiger partial charge in [-0.1, -0.05) is 12.1 Å². The van der Waals surface area contributed by atoms with E-state index in [2.05, 4.69) is 15.2 Å². The van der Waals surface area contributed by atoms with Crippen molar-refractivity contribution in [3.05, 3.63) is 46.8 Å². The van der Waals surface area contributed by atoms with Gasteiger partial charge in [0, 0.05) is 25.8 Å². The minimum Gasteiger partial charge on any atom is -0.381 e. The highest BCUT2D eigenvalue weighted by molar-refractivity contribution is 6.25. The van der Waals surface area contributed by atoms with Crippen molar-refractivity contribution >= 4 is 17.6 Å². The van der Waals surface area contributed by atoms with Crippen LogP contribution >= 0.6 is 0 Å². The number of benzene rings is 1. The van der Waals surface area contributed by atoms with E-state index in [1.807, 2.05) is 13.8 Å². The summed E-state index contributed by atoms with van der Waals surface area (Å²) >= 11 is 0. The van der Waals surface area contributed by atoms with Crippen LogP contribution in [-0.4, -0.2) is 65.9 Å². The first-order valence-corrected chi connectivity index (χ1v) is 11.5. The number of aliphatic imine (C=N–C) groups is 1. The number of fused-ring (bicyclic) bond motifs is 1. The lowest BCUT2D eigenvalue weighted by Crippen LogP contribution is -2.45. The maximum atomic E-state index is 14.6. The van der Waals surface area contributed by atoms with E-state index in [1.54, 1.807) is 18.2 Å². The Morgan fingerprint density at radius 2 is 1.94 bits per heavy atom. The fraction of sp³-hybridized carbons (Fsp3) is 0.542. The highest BCUT2D eigenvalue weighted by atomic mass is 19.4. The van der Waals surface area contributed by atoms with Gasteiger partial charge in [-0.05, 0) is 45.8 Å². The third-order valence-corrected chi connectivity index (χ3v) is 6.42. The number of hydrazone groups is 1. The van der Waals surface area contributed by atoms with Gasteiger partial charge in [-0.25, -0.2) is 9.40 Å². The molecule has 0 radical (unpaired) electrons. The van der Waals surface area contributed by atoms with Crippen molar-refractivity contribution in [3.63, 3.8) is 0 Å². The van der Waals surface area contributed by atoms with E-state index in [-0.39, 0.29) is 17.2 Å². The highest BCUT2D eigenvalue weighted by Gasteiger charge is 2.39. The molecule has 190 valence electrons. The predicted molar refractivity (Wildman–Crippen MR) is 123 cm³/mol. The molecule has 11 heteroatoms. The van der Waals surface area contributed by atoms with E-state index in [0.29, 0.717) is 37.4 Å². The van der Waals surface area contributed by atoms with Crippen LogP contribution in [0.4, 0.5) is 17.6 Å². The van der Waals surface area contributed by atoms with Crippen LogP contribution in [0.5, 0.6) is 0 Å². The molecule has 4 rings (SSSR count). The topological polar surface area (TPSA) is 69.5 Å². The van der Waals surface area contributed by atoms with Crippen molar-refractivity contribution in [3.8, 4) is 0 Å². The molecular formula is C24H29F4N5O2. The Morgan fingerprint density at radius 3 is 2.57 bits per heavy atom. The zero-order chi connectivity index (χ0) is 25.5. The number of carbonyl (C=O) groups excluding carboxylic acids is 1.